The molecule has 0 radical (unpaired) electrons. The standard InChI is InChI=1S/C10H6BrClIN3O/c11-8-9(14-4-15-10(8)17)16-7-2-1-5(13)3-6(7)12/h1-4H,(H2,14,15,16,17). The van der Waals surface area contributed by atoms with Crippen LogP contribution in [0.15, 0.2) is 33.8 Å². The van der Waals surface area contributed by atoms with Gasteiger partial charge in [-0.15, -0.1) is 0 Å². The molecule has 0 aliphatic carbocycles. The zero-order valence-corrected chi connectivity index (χ0v) is 12.8. The number of hydrogen-bond donors (Lipinski definition) is 2. The third kappa shape index (κ3) is 2.99. The van der Waals surface area contributed by atoms with Crippen molar-refractivity contribution in [2.45, 2.75) is 0 Å². The lowest BCUT2D eigenvalue weighted by Crippen LogP contribution is -2.10. The predicted octanol–water partition coefficient (Wildman–Crippen LogP) is 3.53. The Hall–Kier alpha value is -0.600. The van der Waals surface area contributed by atoms with Crippen LogP contribution in [0.25, 0.3) is 0 Å². The Bertz CT molecular complexity index is 617. The molecule has 1 aromatic carbocycles. The van der Waals surface area contributed by atoms with E-state index < -0.39 is 0 Å². The van der Waals surface area contributed by atoms with Gasteiger partial charge < -0.3 is 10.3 Å². The normalized spacial score (nSPS) is 10.3. The van der Waals surface area contributed by atoms with E-state index in [0.29, 0.717) is 21.0 Å². The Morgan fingerprint density at radius 3 is 2.94 bits per heavy atom. The lowest BCUT2D eigenvalue weighted by Gasteiger charge is -2.08. The Kier molecular flexibility index (Phi) is 4.05. The topological polar surface area (TPSA) is 57.8 Å². The molecular weight excluding hydrogens is 420 g/mol. The lowest BCUT2D eigenvalue weighted by atomic mass is 10.3. The van der Waals surface area contributed by atoms with E-state index in [4.69, 9.17) is 11.6 Å². The summed E-state index contributed by atoms with van der Waals surface area (Å²) in [7, 11) is 0. The fourth-order valence-corrected chi connectivity index (χ4v) is 2.41. The van der Waals surface area contributed by atoms with Crippen molar-refractivity contribution in [3.05, 3.63) is 47.9 Å². The third-order valence-electron chi connectivity index (χ3n) is 1.98. The highest BCUT2D eigenvalue weighted by atomic mass is 127. The maximum absolute atomic E-state index is 11.4. The average molecular weight is 426 g/mol. The summed E-state index contributed by atoms with van der Waals surface area (Å²) in [5.41, 5.74) is 0.454. The Morgan fingerprint density at radius 1 is 1.47 bits per heavy atom. The largest absolute Gasteiger partial charge is 0.338 e. The SMILES string of the molecule is O=c1[nH]cnc(Nc2ccc(I)cc2Cl)c1Br. The zero-order chi connectivity index (χ0) is 12.4. The van der Waals surface area contributed by atoms with Gasteiger partial charge in [-0.2, -0.15) is 0 Å². The Balaban J connectivity index is 2.38. The molecule has 1 heterocycles. The fourth-order valence-electron chi connectivity index (χ4n) is 1.19. The first-order valence-corrected chi connectivity index (χ1v) is 6.78. The molecule has 0 saturated carbocycles. The molecule has 0 fully saturated rings. The Labute approximate surface area is 124 Å². The van der Waals surface area contributed by atoms with Gasteiger partial charge in [-0.3, -0.25) is 4.79 Å². The first-order chi connectivity index (χ1) is 8.08. The van der Waals surface area contributed by atoms with Gasteiger partial charge in [-0.25, -0.2) is 4.98 Å². The summed E-state index contributed by atoms with van der Waals surface area (Å²) in [5, 5.41) is 3.57. The molecule has 2 rings (SSSR count). The summed E-state index contributed by atoms with van der Waals surface area (Å²) in [4.78, 5) is 17.8. The minimum atomic E-state index is -0.246. The van der Waals surface area contributed by atoms with Gasteiger partial charge in [0.2, 0.25) is 0 Å². The second-order valence-corrected chi connectivity index (χ2v) is 5.59. The monoisotopic (exact) mass is 425 g/mol. The quantitative estimate of drug-likeness (QED) is 0.723. The molecule has 17 heavy (non-hydrogen) atoms. The minimum Gasteiger partial charge on any atom is -0.338 e. The van der Waals surface area contributed by atoms with E-state index >= 15 is 0 Å². The summed E-state index contributed by atoms with van der Waals surface area (Å²) in [6, 6.07) is 5.57. The molecule has 2 N–H and O–H groups in total. The number of hydrogen-bond acceptors (Lipinski definition) is 3. The molecule has 0 amide bonds. The number of aromatic amines is 1. The van der Waals surface area contributed by atoms with Gasteiger partial charge in [0.05, 0.1) is 17.0 Å². The predicted molar refractivity (Wildman–Crippen MR) is 80.0 cm³/mol. The van der Waals surface area contributed by atoms with Crippen LogP contribution in [0.4, 0.5) is 11.5 Å². The van der Waals surface area contributed by atoms with Crippen LogP contribution >= 0.6 is 50.1 Å². The van der Waals surface area contributed by atoms with Gasteiger partial charge in [0.15, 0.2) is 5.82 Å². The highest BCUT2D eigenvalue weighted by molar-refractivity contribution is 14.1. The van der Waals surface area contributed by atoms with E-state index in [2.05, 4.69) is 53.8 Å². The number of nitrogens with one attached hydrogen (secondary N) is 2. The van der Waals surface area contributed by atoms with Gasteiger partial charge >= 0.3 is 0 Å². The van der Waals surface area contributed by atoms with Crippen LogP contribution < -0.4 is 10.9 Å². The van der Waals surface area contributed by atoms with Crippen molar-refractivity contribution < 1.29 is 0 Å². The van der Waals surface area contributed by atoms with Crippen molar-refractivity contribution in [1.82, 2.24) is 9.97 Å². The average Bonchev–Trinajstić information content (AvgIpc) is 2.28. The van der Waals surface area contributed by atoms with Crippen LogP contribution in [0, 0.1) is 3.57 Å². The van der Waals surface area contributed by atoms with Crippen LogP contribution in [0.2, 0.25) is 5.02 Å². The fraction of sp³-hybridized carbons (Fsp3) is 0. The third-order valence-corrected chi connectivity index (χ3v) is 3.70. The van der Waals surface area contributed by atoms with E-state index in [1.54, 1.807) is 0 Å². The molecule has 1 aromatic heterocycles. The number of rotatable bonds is 2. The van der Waals surface area contributed by atoms with Crippen molar-refractivity contribution in [3.63, 3.8) is 0 Å². The molecule has 0 aliphatic rings. The van der Waals surface area contributed by atoms with Crippen LogP contribution in [0.5, 0.6) is 0 Å². The smallest absolute Gasteiger partial charge is 0.267 e. The molecule has 0 saturated heterocycles. The molecular formula is C10H6BrClIN3O. The van der Waals surface area contributed by atoms with E-state index in [0.717, 1.165) is 3.57 Å². The summed E-state index contributed by atoms with van der Waals surface area (Å²) in [6.07, 6.45) is 1.33. The summed E-state index contributed by atoms with van der Waals surface area (Å²) < 4.78 is 1.38. The summed E-state index contributed by atoms with van der Waals surface area (Å²) >= 11 is 11.4. The van der Waals surface area contributed by atoms with E-state index in [9.17, 15) is 4.79 Å². The van der Waals surface area contributed by atoms with Crippen molar-refractivity contribution in [1.29, 1.82) is 0 Å². The summed E-state index contributed by atoms with van der Waals surface area (Å²) in [5.74, 6) is 0.428. The van der Waals surface area contributed by atoms with E-state index in [1.165, 1.54) is 6.33 Å². The molecule has 4 nitrogen and oxygen atoms in total. The molecule has 2 aromatic rings. The van der Waals surface area contributed by atoms with Crippen molar-refractivity contribution in [2.24, 2.45) is 0 Å². The highest BCUT2D eigenvalue weighted by Gasteiger charge is 2.07. The number of nitrogens with zero attached hydrogens (tertiary/aromatic N) is 1. The van der Waals surface area contributed by atoms with Gasteiger partial charge in [-0.1, -0.05) is 11.6 Å². The van der Waals surface area contributed by atoms with Crippen LogP contribution in [0.1, 0.15) is 0 Å². The molecule has 0 bridgehead atoms. The number of aromatic nitrogens is 2. The number of anilines is 2. The molecule has 7 heteroatoms. The van der Waals surface area contributed by atoms with Gasteiger partial charge in [-0.05, 0) is 56.7 Å². The van der Waals surface area contributed by atoms with E-state index in [-0.39, 0.29) is 5.56 Å². The molecule has 0 aliphatic heterocycles. The Morgan fingerprint density at radius 2 is 2.24 bits per heavy atom. The maximum Gasteiger partial charge on any atom is 0.267 e. The van der Waals surface area contributed by atoms with Gasteiger partial charge in [0.1, 0.15) is 4.47 Å². The van der Waals surface area contributed by atoms with Gasteiger partial charge in [0, 0.05) is 3.57 Å². The van der Waals surface area contributed by atoms with Crippen molar-refractivity contribution in [2.75, 3.05) is 5.32 Å². The van der Waals surface area contributed by atoms with Crippen LogP contribution in [0.3, 0.4) is 0 Å². The molecule has 0 spiro atoms. The van der Waals surface area contributed by atoms with Crippen molar-refractivity contribution in [3.8, 4) is 0 Å². The number of halogens is 3. The first kappa shape index (κ1) is 12.8. The lowest BCUT2D eigenvalue weighted by molar-refractivity contribution is 1.10. The number of benzene rings is 1. The van der Waals surface area contributed by atoms with Crippen LogP contribution in [-0.2, 0) is 0 Å². The van der Waals surface area contributed by atoms with Gasteiger partial charge in [0.25, 0.3) is 5.56 Å². The minimum absolute atomic E-state index is 0.246. The van der Waals surface area contributed by atoms with Crippen molar-refractivity contribution >= 4 is 61.6 Å². The molecule has 0 atom stereocenters. The second-order valence-electron chi connectivity index (χ2n) is 3.14. The van der Waals surface area contributed by atoms with E-state index in [1.807, 2.05) is 18.2 Å². The first-order valence-electron chi connectivity index (χ1n) is 4.53. The number of H-pyrrole nitrogens is 1. The molecule has 88 valence electrons. The van der Waals surface area contributed by atoms with Crippen LogP contribution in [-0.4, -0.2) is 9.97 Å². The maximum atomic E-state index is 11.4. The zero-order valence-electron chi connectivity index (χ0n) is 8.30. The molecule has 0 unspecified atom stereocenters. The summed E-state index contributed by atoms with van der Waals surface area (Å²) in [6.45, 7) is 0. The highest BCUT2D eigenvalue weighted by Crippen LogP contribution is 2.27. The second kappa shape index (κ2) is 5.36.